The van der Waals surface area contributed by atoms with Gasteiger partial charge in [0.2, 0.25) is 0 Å². The number of dihydropyridines is 1. The Labute approximate surface area is 123 Å². The Morgan fingerprint density at radius 3 is 2.84 bits per heavy atom. The van der Waals surface area contributed by atoms with Crippen LogP contribution in [0.5, 0.6) is 0 Å². The summed E-state index contributed by atoms with van der Waals surface area (Å²) in [4.78, 5) is 14.1. The van der Waals surface area contributed by atoms with Gasteiger partial charge in [0.25, 0.3) is 0 Å². The maximum absolute atomic E-state index is 12.4. The first-order chi connectivity index (χ1) is 8.72. The van der Waals surface area contributed by atoms with Crippen LogP contribution in [0.1, 0.15) is 40.5 Å². The predicted molar refractivity (Wildman–Crippen MR) is 78.8 cm³/mol. The number of carbonyl (C=O) groups excluding carboxylic acids is 1. The van der Waals surface area contributed by atoms with E-state index in [9.17, 15) is 4.79 Å². The fourth-order valence-corrected chi connectivity index (χ4v) is 2.85. The summed E-state index contributed by atoms with van der Waals surface area (Å²) < 4.78 is 6.51. The number of carbonyl (C=O) groups is 1. The van der Waals surface area contributed by atoms with Crippen LogP contribution < -0.4 is 5.32 Å². The number of hydrogen-bond donors (Lipinski definition) is 1. The molecule has 1 fully saturated rings. The number of fused-ring (bicyclic) bond motifs is 1. The summed E-state index contributed by atoms with van der Waals surface area (Å²) in [6.45, 7) is 8.40. The predicted octanol–water partition coefficient (Wildman–Crippen LogP) is 3.50. The quantitative estimate of drug-likeness (QED) is 0.740. The summed E-state index contributed by atoms with van der Waals surface area (Å²) in [7, 11) is 0. The molecule has 0 radical (unpaired) electrons. The van der Waals surface area contributed by atoms with Gasteiger partial charge in [-0.25, -0.2) is 4.79 Å². The Morgan fingerprint density at radius 1 is 1.53 bits per heavy atom. The van der Waals surface area contributed by atoms with Crippen LogP contribution in [0, 0.1) is 0 Å². The molecule has 0 saturated carbocycles. The molecule has 0 aromatic rings. The van der Waals surface area contributed by atoms with Crippen molar-refractivity contribution in [1.29, 1.82) is 0 Å². The number of allylic oxidation sites excluding steroid dienone is 2. The Hall–Kier alpha value is -0.970. The van der Waals surface area contributed by atoms with Gasteiger partial charge in [0.15, 0.2) is 0 Å². The fraction of sp³-hybridized carbons (Fsp3) is 0.643. The molecule has 2 heterocycles. The molecule has 2 aliphatic rings. The summed E-state index contributed by atoms with van der Waals surface area (Å²) >= 11 is 3.47. The number of halogens is 1. The van der Waals surface area contributed by atoms with Crippen LogP contribution in [0.25, 0.3) is 0 Å². The molecule has 0 aromatic heterocycles. The standard InChI is InChI=1S/C14H21BrN2O2/c1-13(2,3)19-12(18)17-7-5-6-10-8-11(15)9-16-14(10,17)4/h8-9,16H,5-7H2,1-4H3. The third-order valence-corrected chi connectivity index (χ3v) is 3.87. The van der Waals surface area contributed by atoms with Crippen LogP contribution in [0.3, 0.4) is 0 Å². The van der Waals surface area contributed by atoms with Crippen molar-refractivity contribution >= 4 is 22.0 Å². The first kappa shape index (κ1) is 14.4. The number of likely N-dealkylation sites (tertiary alicyclic amines) is 1. The van der Waals surface area contributed by atoms with Crippen LogP contribution in [-0.2, 0) is 4.74 Å². The Kier molecular flexibility index (Phi) is 3.69. The van der Waals surface area contributed by atoms with E-state index in [4.69, 9.17) is 4.74 Å². The van der Waals surface area contributed by atoms with E-state index in [0.29, 0.717) is 6.54 Å². The average molecular weight is 329 g/mol. The summed E-state index contributed by atoms with van der Waals surface area (Å²) in [6.07, 6.45) is 5.66. The highest BCUT2D eigenvalue weighted by Crippen LogP contribution is 2.36. The highest BCUT2D eigenvalue weighted by molar-refractivity contribution is 9.11. The van der Waals surface area contributed by atoms with Gasteiger partial charge in [-0.1, -0.05) is 0 Å². The molecule has 4 nitrogen and oxygen atoms in total. The van der Waals surface area contributed by atoms with E-state index >= 15 is 0 Å². The maximum Gasteiger partial charge on any atom is 0.412 e. The number of rotatable bonds is 0. The number of nitrogens with zero attached hydrogens (tertiary/aromatic N) is 1. The topological polar surface area (TPSA) is 41.6 Å². The second-order valence-corrected chi connectivity index (χ2v) is 7.07. The molecule has 19 heavy (non-hydrogen) atoms. The van der Waals surface area contributed by atoms with Gasteiger partial charge in [-0.3, -0.25) is 4.90 Å². The zero-order valence-corrected chi connectivity index (χ0v) is 13.5. The lowest BCUT2D eigenvalue weighted by Crippen LogP contribution is -2.62. The van der Waals surface area contributed by atoms with Gasteiger partial charge in [0.1, 0.15) is 11.3 Å². The van der Waals surface area contributed by atoms with E-state index in [1.54, 1.807) is 4.90 Å². The van der Waals surface area contributed by atoms with Crippen LogP contribution in [0.15, 0.2) is 22.3 Å². The second-order valence-electron chi connectivity index (χ2n) is 6.15. The van der Waals surface area contributed by atoms with Crippen molar-refractivity contribution in [3.63, 3.8) is 0 Å². The maximum atomic E-state index is 12.4. The summed E-state index contributed by atoms with van der Waals surface area (Å²) in [5, 5.41) is 3.31. The van der Waals surface area contributed by atoms with Crippen LogP contribution >= 0.6 is 15.9 Å². The molecule has 1 N–H and O–H groups in total. The minimum absolute atomic E-state index is 0.264. The lowest BCUT2D eigenvalue weighted by molar-refractivity contribution is -0.00356. The normalized spacial score (nSPS) is 26.9. The zero-order chi connectivity index (χ0) is 14.3. The van der Waals surface area contributed by atoms with Crippen molar-refractivity contribution in [3.8, 4) is 0 Å². The van der Waals surface area contributed by atoms with Crippen molar-refractivity contribution in [2.24, 2.45) is 0 Å². The zero-order valence-electron chi connectivity index (χ0n) is 11.9. The van der Waals surface area contributed by atoms with Crippen molar-refractivity contribution in [2.45, 2.75) is 51.8 Å². The van der Waals surface area contributed by atoms with E-state index in [0.717, 1.165) is 17.3 Å². The highest BCUT2D eigenvalue weighted by atomic mass is 79.9. The van der Waals surface area contributed by atoms with E-state index < -0.39 is 11.3 Å². The molecule has 2 aliphatic heterocycles. The molecular formula is C14H21BrN2O2. The van der Waals surface area contributed by atoms with Gasteiger partial charge in [0, 0.05) is 17.2 Å². The monoisotopic (exact) mass is 328 g/mol. The number of hydrogen-bond acceptors (Lipinski definition) is 3. The Balaban J connectivity index is 2.23. The minimum Gasteiger partial charge on any atom is -0.444 e. The van der Waals surface area contributed by atoms with Crippen molar-refractivity contribution in [1.82, 2.24) is 10.2 Å². The van der Waals surface area contributed by atoms with Crippen molar-refractivity contribution < 1.29 is 9.53 Å². The van der Waals surface area contributed by atoms with Gasteiger partial charge >= 0.3 is 6.09 Å². The molecular weight excluding hydrogens is 308 g/mol. The van der Waals surface area contributed by atoms with Gasteiger partial charge in [-0.2, -0.15) is 0 Å². The number of amides is 1. The molecule has 1 unspecified atom stereocenters. The minimum atomic E-state index is -0.474. The molecule has 5 heteroatoms. The van der Waals surface area contributed by atoms with Gasteiger partial charge < -0.3 is 10.1 Å². The number of piperidine rings is 1. The van der Waals surface area contributed by atoms with Gasteiger partial charge in [0.05, 0.1) is 0 Å². The average Bonchev–Trinajstić information content (AvgIpc) is 2.26. The lowest BCUT2D eigenvalue weighted by Gasteiger charge is -2.48. The van der Waals surface area contributed by atoms with Crippen LogP contribution in [0.4, 0.5) is 4.79 Å². The molecule has 1 atom stereocenters. The molecule has 0 aromatic carbocycles. The van der Waals surface area contributed by atoms with Crippen LogP contribution in [-0.4, -0.2) is 28.8 Å². The summed E-state index contributed by atoms with van der Waals surface area (Å²) in [6, 6.07) is 0. The van der Waals surface area contributed by atoms with E-state index in [1.807, 2.05) is 33.9 Å². The highest BCUT2D eigenvalue weighted by Gasteiger charge is 2.43. The summed E-state index contributed by atoms with van der Waals surface area (Å²) in [5.74, 6) is 0. The molecule has 1 amide bonds. The number of ether oxygens (including phenoxy) is 1. The molecule has 0 aliphatic carbocycles. The molecule has 1 saturated heterocycles. The van der Waals surface area contributed by atoms with Crippen molar-refractivity contribution in [3.05, 3.63) is 22.3 Å². The number of nitrogens with one attached hydrogen (secondary N) is 1. The fourth-order valence-electron chi connectivity index (χ4n) is 2.46. The lowest BCUT2D eigenvalue weighted by atomic mass is 9.89. The Bertz CT molecular complexity index is 451. The van der Waals surface area contributed by atoms with Crippen molar-refractivity contribution in [2.75, 3.05) is 6.54 Å². The molecule has 0 bridgehead atoms. The van der Waals surface area contributed by atoms with Gasteiger partial charge in [-0.15, -0.1) is 0 Å². The third-order valence-electron chi connectivity index (χ3n) is 3.41. The first-order valence-corrected chi connectivity index (χ1v) is 7.37. The molecule has 2 rings (SSSR count). The molecule has 106 valence electrons. The van der Waals surface area contributed by atoms with E-state index in [1.165, 1.54) is 5.57 Å². The van der Waals surface area contributed by atoms with Gasteiger partial charge in [-0.05, 0) is 68.1 Å². The van der Waals surface area contributed by atoms with Crippen LogP contribution in [0.2, 0.25) is 0 Å². The SMILES string of the molecule is CC(C)(C)OC(=O)N1CCCC2=CC(Br)=CNC21C. The Morgan fingerprint density at radius 2 is 2.21 bits per heavy atom. The summed E-state index contributed by atoms with van der Waals surface area (Å²) in [5.41, 5.74) is 0.261. The first-order valence-electron chi connectivity index (χ1n) is 6.57. The van der Waals surface area contributed by atoms with E-state index in [-0.39, 0.29) is 6.09 Å². The van der Waals surface area contributed by atoms with E-state index in [2.05, 4.69) is 27.3 Å². The second kappa shape index (κ2) is 4.85. The molecule has 0 spiro atoms. The largest absolute Gasteiger partial charge is 0.444 e. The smallest absolute Gasteiger partial charge is 0.412 e. The third kappa shape index (κ3) is 2.96.